The number of nitrogens with one attached hydrogen (secondary N) is 1. The van der Waals surface area contributed by atoms with Crippen molar-refractivity contribution in [3.8, 4) is 0 Å². The molecule has 0 fully saturated rings. The Kier molecular flexibility index (Phi) is 6.77. The van der Waals surface area contributed by atoms with E-state index in [9.17, 15) is 14.4 Å². The molecule has 0 aliphatic heterocycles. The van der Waals surface area contributed by atoms with Crippen molar-refractivity contribution in [2.45, 2.75) is 33.6 Å². The van der Waals surface area contributed by atoms with Crippen molar-refractivity contribution < 1.29 is 28.6 Å². The van der Waals surface area contributed by atoms with E-state index in [0.717, 1.165) is 5.39 Å². The van der Waals surface area contributed by atoms with Crippen LogP contribution in [0.2, 0.25) is 0 Å². The van der Waals surface area contributed by atoms with Gasteiger partial charge in [-0.15, -0.1) is 0 Å². The zero-order valence-corrected chi connectivity index (χ0v) is 15.2. The Morgan fingerprint density at radius 3 is 2.23 bits per heavy atom. The first-order valence-electron chi connectivity index (χ1n) is 8.66. The van der Waals surface area contributed by atoms with Crippen molar-refractivity contribution >= 4 is 28.8 Å². The van der Waals surface area contributed by atoms with Crippen LogP contribution in [0.5, 0.6) is 0 Å². The molecule has 0 saturated heterocycles. The van der Waals surface area contributed by atoms with E-state index in [1.807, 2.05) is 0 Å². The number of fused-ring (bicyclic) bond motifs is 1. The van der Waals surface area contributed by atoms with Gasteiger partial charge in [-0.2, -0.15) is 0 Å². The number of rotatable bonds is 8. The minimum atomic E-state index is -0.500. The first-order chi connectivity index (χ1) is 12.5. The molecule has 0 unspecified atom stereocenters. The second kappa shape index (κ2) is 9.03. The molecular weight excluding hydrogens is 338 g/mol. The molecule has 0 amide bonds. The topological polar surface area (TPSA) is 94.7 Å². The fourth-order valence-electron chi connectivity index (χ4n) is 2.69. The summed E-state index contributed by atoms with van der Waals surface area (Å²) in [4.78, 5) is 38.9. The lowest BCUT2D eigenvalue weighted by Gasteiger charge is -2.05. The van der Waals surface area contributed by atoms with E-state index in [-0.39, 0.29) is 31.3 Å². The summed E-state index contributed by atoms with van der Waals surface area (Å²) in [5.74, 6) is -1.27. The fourth-order valence-corrected chi connectivity index (χ4v) is 2.69. The molecule has 2 aromatic rings. The van der Waals surface area contributed by atoms with Gasteiger partial charge in [-0.25, -0.2) is 9.59 Å². The van der Waals surface area contributed by atoms with Gasteiger partial charge in [0.05, 0.1) is 25.4 Å². The highest BCUT2D eigenvalue weighted by atomic mass is 16.5. The normalized spacial score (nSPS) is 10.6. The van der Waals surface area contributed by atoms with E-state index in [0.29, 0.717) is 29.7 Å². The maximum atomic E-state index is 12.3. The van der Waals surface area contributed by atoms with E-state index in [2.05, 4.69) is 4.98 Å². The van der Waals surface area contributed by atoms with Crippen molar-refractivity contribution in [1.29, 1.82) is 0 Å². The highest BCUT2D eigenvalue weighted by Gasteiger charge is 2.21. The monoisotopic (exact) mass is 361 g/mol. The number of aromatic amines is 1. The summed E-state index contributed by atoms with van der Waals surface area (Å²) in [6.07, 6.45) is 0.471. The quantitative estimate of drug-likeness (QED) is 0.574. The minimum absolute atomic E-state index is 0.146. The van der Waals surface area contributed by atoms with Crippen LogP contribution < -0.4 is 0 Å². The van der Waals surface area contributed by atoms with Crippen LogP contribution in [0.15, 0.2) is 18.2 Å². The molecule has 2 rings (SSSR count). The average Bonchev–Trinajstić information content (AvgIpc) is 2.98. The molecule has 1 N–H and O–H groups in total. The number of hydrogen-bond donors (Lipinski definition) is 1. The summed E-state index contributed by atoms with van der Waals surface area (Å²) < 4.78 is 15.0. The van der Waals surface area contributed by atoms with Gasteiger partial charge in [-0.05, 0) is 44.9 Å². The molecule has 0 atom stereocenters. The van der Waals surface area contributed by atoms with Crippen molar-refractivity contribution in [2.24, 2.45) is 0 Å². The smallest absolute Gasteiger partial charge is 0.355 e. The van der Waals surface area contributed by atoms with Gasteiger partial charge in [0.2, 0.25) is 0 Å². The third-order valence-corrected chi connectivity index (χ3v) is 3.78. The molecule has 0 aliphatic rings. The van der Waals surface area contributed by atoms with Gasteiger partial charge in [-0.3, -0.25) is 4.79 Å². The highest BCUT2D eigenvalue weighted by Crippen LogP contribution is 2.26. The average molecular weight is 361 g/mol. The zero-order valence-electron chi connectivity index (χ0n) is 15.2. The number of carbonyl (C=O) groups excluding carboxylic acids is 3. The van der Waals surface area contributed by atoms with Crippen molar-refractivity contribution in [3.63, 3.8) is 0 Å². The lowest BCUT2D eigenvalue weighted by molar-refractivity contribution is -0.143. The van der Waals surface area contributed by atoms with E-state index in [4.69, 9.17) is 14.2 Å². The molecule has 1 heterocycles. The van der Waals surface area contributed by atoms with Gasteiger partial charge in [0.15, 0.2) is 0 Å². The molecule has 0 saturated carbocycles. The SMILES string of the molecule is CCOC(=O)CCc1c(C(=O)OCC)[nH]c2cc(C(=O)OCC)ccc12. The van der Waals surface area contributed by atoms with E-state index < -0.39 is 11.9 Å². The second-order valence-corrected chi connectivity index (χ2v) is 5.48. The molecule has 7 nitrogen and oxygen atoms in total. The second-order valence-electron chi connectivity index (χ2n) is 5.48. The van der Waals surface area contributed by atoms with Crippen molar-refractivity contribution in [1.82, 2.24) is 4.98 Å². The lowest BCUT2D eigenvalue weighted by Crippen LogP contribution is -2.10. The Hall–Kier alpha value is -2.83. The molecule has 0 bridgehead atoms. The third-order valence-electron chi connectivity index (χ3n) is 3.78. The lowest BCUT2D eigenvalue weighted by atomic mass is 10.0. The molecule has 140 valence electrons. The standard InChI is InChI=1S/C19H23NO6/c1-4-24-16(21)10-9-14-13-8-7-12(18(22)25-5-2)11-15(13)20-17(14)19(23)26-6-3/h7-8,11,20H,4-6,9-10H2,1-3H3. The summed E-state index contributed by atoms with van der Waals surface area (Å²) in [5, 5.41) is 0.755. The number of carbonyl (C=O) groups is 3. The van der Waals surface area contributed by atoms with Crippen LogP contribution in [0.1, 0.15) is 53.6 Å². The summed E-state index contributed by atoms with van der Waals surface area (Å²) in [5.41, 5.74) is 1.94. The van der Waals surface area contributed by atoms with Gasteiger partial charge in [0.1, 0.15) is 5.69 Å². The molecule has 1 aromatic heterocycles. The molecular formula is C19H23NO6. The van der Waals surface area contributed by atoms with Crippen LogP contribution >= 0.6 is 0 Å². The van der Waals surface area contributed by atoms with Crippen LogP contribution in [0, 0.1) is 0 Å². The van der Waals surface area contributed by atoms with Crippen LogP contribution in [-0.4, -0.2) is 42.7 Å². The van der Waals surface area contributed by atoms with Gasteiger partial charge in [0.25, 0.3) is 0 Å². The molecule has 0 aliphatic carbocycles. The molecule has 7 heteroatoms. The number of esters is 3. The number of benzene rings is 1. The third kappa shape index (κ3) is 4.41. The predicted molar refractivity (Wildman–Crippen MR) is 95.2 cm³/mol. The van der Waals surface area contributed by atoms with Crippen LogP contribution in [0.25, 0.3) is 10.9 Å². The molecule has 0 spiro atoms. The van der Waals surface area contributed by atoms with Crippen molar-refractivity contribution in [3.05, 3.63) is 35.0 Å². The van der Waals surface area contributed by atoms with Crippen LogP contribution in [0.4, 0.5) is 0 Å². The van der Waals surface area contributed by atoms with Gasteiger partial charge >= 0.3 is 17.9 Å². The van der Waals surface area contributed by atoms with Gasteiger partial charge in [-0.1, -0.05) is 6.07 Å². The Morgan fingerprint density at radius 2 is 1.58 bits per heavy atom. The minimum Gasteiger partial charge on any atom is -0.466 e. The van der Waals surface area contributed by atoms with Crippen molar-refractivity contribution in [2.75, 3.05) is 19.8 Å². The van der Waals surface area contributed by atoms with E-state index >= 15 is 0 Å². The molecule has 1 aromatic carbocycles. The summed E-state index contributed by atoms with van der Waals surface area (Å²) in [6.45, 7) is 6.01. The maximum Gasteiger partial charge on any atom is 0.355 e. The Labute approximate surface area is 151 Å². The highest BCUT2D eigenvalue weighted by molar-refractivity contribution is 6.01. The number of H-pyrrole nitrogens is 1. The maximum absolute atomic E-state index is 12.3. The first kappa shape index (κ1) is 19.5. The number of ether oxygens (including phenoxy) is 3. The largest absolute Gasteiger partial charge is 0.466 e. The first-order valence-corrected chi connectivity index (χ1v) is 8.66. The summed E-state index contributed by atoms with van der Waals surface area (Å²) in [6, 6.07) is 5.00. The Balaban J connectivity index is 2.41. The Bertz CT molecular complexity index is 808. The predicted octanol–water partition coefficient (Wildman–Crippen LogP) is 3.02. The van der Waals surface area contributed by atoms with Gasteiger partial charge < -0.3 is 19.2 Å². The van der Waals surface area contributed by atoms with Crippen LogP contribution in [0.3, 0.4) is 0 Å². The summed E-state index contributed by atoms with van der Waals surface area (Å²) in [7, 11) is 0. The van der Waals surface area contributed by atoms with Crippen LogP contribution in [-0.2, 0) is 25.4 Å². The number of aromatic nitrogens is 1. The van der Waals surface area contributed by atoms with E-state index in [1.165, 1.54) is 0 Å². The molecule has 26 heavy (non-hydrogen) atoms. The molecule has 0 radical (unpaired) electrons. The van der Waals surface area contributed by atoms with E-state index in [1.54, 1.807) is 39.0 Å². The fraction of sp³-hybridized carbons (Fsp3) is 0.421. The number of aryl methyl sites for hydroxylation is 1. The summed E-state index contributed by atoms with van der Waals surface area (Å²) >= 11 is 0. The zero-order chi connectivity index (χ0) is 19.1. The number of hydrogen-bond acceptors (Lipinski definition) is 6. The van der Waals surface area contributed by atoms with Gasteiger partial charge in [0, 0.05) is 17.3 Å². The Morgan fingerprint density at radius 1 is 0.923 bits per heavy atom.